The van der Waals surface area contributed by atoms with Gasteiger partial charge in [-0.3, -0.25) is 33.7 Å². The van der Waals surface area contributed by atoms with Crippen LogP contribution < -0.4 is 32.2 Å². The summed E-state index contributed by atoms with van der Waals surface area (Å²) in [6, 6.07) is 2.41. The maximum absolute atomic E-state index is 13.5. The van der Waals surface area contributed by atoms with Crippen LogP contribution in [0, 0.1) is 0 Å². The lowest BCUT2D eigenvalue weighted by molar-refractivity contribution is -0.117. The Morgan fingerprint density at radius 3 is 0.849 bits per heavy atom. The molecule has 3 rings (SSSR count). The molecule has 0 saturated heterocycles. The molecule has 3 heterocycles. The lowest BCUT2D eigenvalue weighted by Gasteiger charge is -2.27. The smallest absolute Gasteiger partial charge is 0.271 e. The van der Waals surface area contributed by atoms with E-state index < -0.39 is 181 Å². The van der Waals surface area contributed by atoms with Gasteiger partial charge in [0.25, 0.3) is 17.7 Å². The van der Waals surface area contributed by atoms with Gasteiger partial charge in [0.2, 0.25) is 16.3 Å². The van der Waals surface area contributed by atoms with E-state index in [0.717, 1.165) is 50.5 Å². The predicted molar refractivity (Wildman–Crippen MR) is 244 cm³/mol. The van der Waals surface area contributed by atoms with Crippen molar-refractivity contribution < 1.29 is 106 Å². The molecule has 21 N–H and O–H groups in total. The van der Waals surface area contributed by atoms with Gasteiger partial charge in [0.1, 0.15) is 73.2 Å². The van der Waals surface area contributed by atoms with Crippen molar-refractivity contribution in [3.05, 3.63) is 84.5 Å². The van der Waals surface area contributed by atoms with Crippen molar-refractivity contribution in [1.82, 2.24) is 34.6 Å². The highest BCUT2D eigenvalue weighted by Gasteiger charge is 2.34. The van der Waals surface area contributed by atoms with E-state index >= 15 is 0 Å². The van der Waals surface area contributed by atoms with Crippen molar-refractivity contribution >= 4 is 17.7 Å². The molecule has 410 valence electrons. The van der Waals surface area contributed by atoms with Crippen LogP contribution in [0.2, 0.25) is 0 Å². The van der Waals surface area contributed by atoms with Crippen molar-refractivity contribution in [3.63, 3.8) is 0 Å². The van der Waals surface area contributed by atoms with E-state index in [4.69, 9.17) is 15.3 Å². The number of aliphatic hydroxyl groups excluding tert-OH is 15. The Kier molecular flexibility index (Phi) is 23.9. The Morgan fingerprint density at radius 2 is 0.630 bits per heavy atom. The first-order chi connectivity index (χ1) is 34.3. The van der Waals surface area contributed by atoms with Crippen LogP contribution in [-0.4, -0.2) is 261 Å². The molecule has 3 amide bonds. The lowest BCUT2D eigenvalue weighted by Crippen LogP contribution is -2.47. The van der Waals surface area contributed by atoms with Gasteiger partial charge in [0.05, 0.1) is 39.5 Å². The van der Waals surface area contributed by atoms with Crippen LogP contribution in [0.5, 0.6) is 17.2 Å². The first-order valence-electron chi connectivity index (χ1n) is 22.2. The fourth-order valence-electron chi connectivity index (χ4n) is 7.05. The number of hydrogen-bond donors (Lipinski definition) is 21. The average Bonchev–Trinajstić information content (AvgIpc) is 3.36. The van der Waals surface area contributed by atoms with Crippen LogP contribution in [0.3, 0.4) is 0 Å². The van der Waals surface area contributed by atoms with E-state index in [0.29, 0.717) is 0 Å². The molecule has 12 atom stereocenters. The third-order valence-corrected chi connectivity index (χ3v) is 11.4. The topological polar surface area (TPSA) is 521 Å². The van der Waals surface area contributed by atoms with Gasteiger partial charge in [-0.15, -0.1) is 0 Å². The summed E-state index contributed by atoms with van der Waals surface area (Å²) in [6.07, 6.45) is -21.2. The molecule has 0 radical (unpaired) electrons. The molecule has 0 saturated carbocycles. The minimum absolute atomic E-state index is 0.233. The summed E-state index contributed by atoms with van der Waals surface area (Å²) >= 11 is 0. The second-order valence-electron chi connectivity index (χ2n) is 16.6. The monoisotopic (exact) mass is 1050 g/mol. The number of nitrogens with zero attached hydrogens (tertiary/aromatic N) is 4. The van der Waals surface area contributed by atoms with Crippen LogP contribution in [0.25, 0.3) is 0 Å². The van der Waals surface area contributed by atoms with Crippen LogP contribution in [0.1, 0.15) is 31.5 Å². The van der Waals surface area contributed by atoms with Crippen LogP contribution in [0.15, 0.2) is 51.2 Å². The number of aliphatic hydroxyl groups is 15. The normalized spacial score (nSPS) is 16.8. The van der Waals surface area contributed by atoms with Crippen LogP contribution in [0.4, 0.5) is 0 Å². The number of nitrogens with one attached hydrogen (secondary N) is 3. The average molecular weight is 1050 g/mol. The SMILES string of the molecule is O=C(NCCN(CCNC(=O)c1c(O)c(=O)ccn1CC(O)C(O)C(O)C(O)CO)CCNC(=O)c1c(O)c(=O)ccn1CC(O)C(O)C(O)C(O)CO)c1c(O)c(=O)ccn1CC(O)C(O)C(O)C(O)CO. The molecule has 12 unspecified atom stereocenters. The van der Waals surface area contributed by atoms with E-state index in [-0.39, 0.29) is 39.3 Å². The van der Waals surface area contributed by atoms with Crippen molar-refractivity contribution in [2.24, 2.45) is 0 Å². The highest BCUT2D eigenvalue weighted by Crippen LogP contribution is 2.18. The molecule has 31 nitrogen and oxygen atoms in total. The number of hydrogen-bond acceptors (Lipinski definition) is 25. The number of carbonyl (C=O) groups excluding carboxylic acids is 3. The highest BCUT2D eigenvalue weighted by molar-refractivity contribution is 5.96. The molecule has 0 aliphatic heterocycles. The molecule has 0 spiro atoms. The fraction of sp³-hybridized carbons (Fsp3) is 0.571. The molecule has 31 heteroatoms. The summed E-state index contributed by atoms with van der Waals surface area (Å²) < 4.78 is 2.50. The molecule has 3 aromatic heterocycles. The van der Waals surface area contributed by atoms with E-state index in [1.54, 1.807) is 0 Å². The molecule has 0 aliphatic carbocycles. The van der Waals surface area contributed by atoms with E-state index in [1.807, 2.05) is 0 Å². The van der Waals surface area contributed by atoms with E-state index in [2.05, 4.69) is 16.0 Å². The summed E-state index contributed by atoms with van der Waals surface area (Å²) in [5.74, 6) is -6.81. The Morgan fingerprint density at radius 1 is 0.411 bits per heavy atom. The first kappa shape index (κ1) is 61.3. The summed E-state index contributed by atoms with van der Waals surface area (Å²) in [7, 11) is 0. The second-order valence-corrected chi connectivity index (χ2v) is 16.6. The summed E-state index contributed by atoms with van der Waals surface area (Å²) in [5.41, 5.74) is -5.43. The maximum Gasteiger partial charge on any atom is 0.271 e. The van der Waals surface area contributed by atoms with Crippen LogP contribution in [-0.2, 0) is 19.6 Å². The van der Waals surface area contributed by atoms with E-state index in [9.17, 15) is 105 Å². The highest BCUT2D eigenvalue weighted by atomic mass is 16.4. The molecule has 0 fully saturated rings. The minimum Gasteiger partial charge on any atom is -0.503 e. The third-order valence-electron chi connectivity index (χ3n) is 11.4. The minimum atomic E-state index is -2.11. The Bertz CT molecular complexity index is 2210. The second kappa shape index (κ2) is 28.5. The molecule has 3 aromatic rings. The standard InChI is InChI=1S/C42H63N7O24/c50-16-25(59)37(68)34(65)22(56)13-47-7-1-19(53)31(62)28(47)40(71)43-4-10-46(11-5-44-41(72)29-32(63)20(54)2-8-48(29)14-23(57)35(66)38(69)26(60)17-51)12-6-45-42(73)30-33(64)21(55)3-9-49(30)15-24(58)36(67)39(70)27(61)18-52/h1-3,7-9,22-27,34-39,50-52,56-70H,4-6,10-18H2,(H,43,71)(H,44,72)(H,45,73). The number of rotatable bonds is 30. The van der Waals surface area contributed by atoms with Crippen molar-refractivity contribution in [2.45, 2.75) is 92.9 Å². The Labute approximate surface area is 411 Å². The number of carbonyl (C=O) groups is 3. The predicted octanol–water partition coefficient (Wildman–Crippen LogP) is -11.5. The summed E-state index contributed by atoms with van der Waals surface area (Å²) in [6.45, 7) is -7.17. The van der Waals surface area contributed by atoms with Gasteiger partial charge in [0.15, 0.2) is 34.3 Å². The zero-order chi connectivity index (χ0) is 55.0. The maximum atomic E-state index is 13.5. The summed E-state index contributed by atoms with van der Waals surface area (Å²) in [4.78, 5) is 79.1. The van der Waals surface area contributed by atoms with Gasteiger partial charge in [-0.05, 0) is 0 Å². The molecular weight excluding hydrogens is 986 g/mol. The Hall–Kier alpha value is -5.98. The molecular formula is C42H63N7O24. The molecule has 0 aromatic carbocycles. The molecule has 73 heavy (non-hydrogen) atoms. The first-order valence-corrected chi connectivity index (χ1v) is 22.2. The van der Waals surface area contributed by atoms with Gasteiger partial charge in [-0.25, -0.2) is 0 Å². The van der Waals surface area contributed by atoms with Crippen molar-refractivity contribution in [1.29, 1.82) is 0 Å². The fourth-order valence-corrected chi connectivity index (χ4v) is 7.05. The number of aromatic hydroxyl groups is 3. The largest absolute Gasteiger partial charge is 0.503 e. The summed E-state index contributed by atoms with van der Waals surface area (Å²) in [5, 5.41) is 188. The number of pyridine rings is 3. The number of aromatic nitrogens is 3. The van der Waals surface area contributed by atoms with Gasteiger partial charge >= 0.3 is 0 Å². The number of amides is 3. The zero-order valence-electron chi connectivity index (χ0n) is 38.7. The molecule has 0 aliphatic rings. The Balaban J connectivity index is 1.88. The van der Waals surface area contributed by atoms with Gasteiger partial charge in [-0.1, -0.05) is 0 Å². The van der Waals surface area contributed by atoms with Crippen LogP contribution >= 0.6 is 0 Å². The van der Waals surface area contributed by atoms with Gasteiger partial charge in [0, 0.05) is 76.1 Å². The van der Waals surface area contributed by atoms with Gasteiger partial charge in [-0.2, -0.15) is 0 Å². The lowest BCUT2D eigenvalue weighted by atomic mass is 10.0. The quantitative estimate of drug-likeness (QED) is 0.0295. The third kappa shape index (κ3) is 16.3. The van der Waals surface area contributed by atoms with Crippen molar-refractivity contribution in [2.75, 3.05) is 59.1 Å². The molecule has 0 bridgehead atoms. The zero-order valence-corrected chi connectivity index (χ0v) is 38.7. The van der Waals surface area contributed by atoms with Crippen molar-refractivity contribution in [3.8, 4) is 17.2 Å². The van der Waals surface area contributed by atoms with Gasteiger partial charge < -0.3 is 122 Å². The van der Waals surface area contributed by atoms with E-state index in [1.165, 1.54) is 4.90 Å².